The van der Waals surface area contributed by atoms with Crippen molar-refractivity contribution < 1.29 is 14.5 Å². The molecule has 84 valence electrons. The Morgan fingerprint density at radius 1 is 1.50 bits per heavy atom. The van der Waals surface area contributed by atoms with E-state index in [1.54, 1.807) is 19.1 Å². The number of aryl methyl sites for hydroxylation is 1. The Hall–Kier alpha value is -2.11. The van der Waals surface area contributed by atoms with Crippen molar-refractivity contribution in [1.82, 2.24) is 0 Å². The molecule has 0 N–H and O–H groups in total. The summed E-state index contributed by atoms with van der Waals surface area (Å²) in [6.07, 6.45) is -0.409. The second kappa shape index (κ2) is 3.80. The fourth-order valence-electron chi connectivity index (χ4n) is 1.64. The smallest absolute Gasteiger partial charge is 0.414 e. The van der Waals surface area contributed by atoms with Gasteiger partial charge >= 0.3 is 6.09 Å². The molecule has 0 bridgehead atoms. The Kier molecular flexibility index (Phi) is 2.47. The Morgan fingerprint density at radius 3 is 2.75 bits per heavy atom. The van der Waals surface area contributed by atoms with Gasteiger partial charge in [0.1, 0.15) is 6.61 Å². The summed E-state index contributed by atoms with van der Waals surface area (Å²) in [5.41, 5.74) is 1.21. The topological polar surface area (TPSA) is 72.7 Å². The van der Waals surface area contributed by atoms with Crippen LogP contribution in [0.5, 0.6) is 0 Å². The number of nitro groups is 1. The number of hydrogen-bond acceptors (Lipinski definition) is 4. The third kappa shape index (κ3) is 1.69. The number of amides is 1. The summed E-state index contributed by atoms with van der Waals surface area (Å²) in [5, 5.41) is 10.6. The first-order valence-electron chi connectivity index (χ1n) is 4.79. The van der Waals surface area contributed by atoms with Gasteiger partial charge in [-0.25, -0.2) is 4.79 Å². The Morgan fingerprint density at radius 2 is 2.25 bits per heavy atom. The molecule has 1 amide bonds. The summed E-state index contributed by atoms with van der Waals surface area (Å²) < 4.78 is 4.79. The van der Waals surface area contributed by atoms with Crippen molar-refractivity contribution in [3.8, 4) is 0 Å². The molecule has 1 aliphatic rings. The minimum atomic E-state index is -0.443. The van der Waals surface area contributed by atoms with Crippen LogP contribution in [-0.2, 0) is 4.74 Å². The van der Waals surface area contributed by atoms with Crippen molar-refractivity contribution >= 4 is 17.5 Å². The highest BCUT2D eigenvalue weighted by Crippen LogP contribution is 2.25. The molecular formula is C10H10N2O4. The number of carbonyl (C=O) groups excluding carboxylic acids is 1. The maximum absolute atomic E-state index is 11.3. The van der Waals surface area contributed by atoms with Crippen LogP contribution >= 0.6 is 0 Å². The van der Waals surface area contributed by atoms with E-state index in [1.807, 2.05) is 0 Å². The van der Waals surface area contributed by atoms with Crippen LogP contribution in [0.4, 0.5) is 16.2 Å². The molecule has 6 nitrogen and oxygen atoms in total. The number of benzene rings is 1. The lowest BCUT2D eigenvalue weighted by atomic mass is 10.1. The number of nitrogens with zero attached hydrogens (tertiary/aromatic N) is 2. The predicted octanol–water partition coefficient (Wildman–Crippen LogP) is 1.86. The molecule has 1 saturated heterocycles. The van der Waals surface area contributed by atoms with Gasteiger partial charge in [-0.3, -0.25) is 15.0 Å². The second-order valence-electron chi connectivity index (χ2n) is 3.49. The van der Waals surface area contributed by atoms with Crippen molar-refractivity contribution in [2.24, 2.45) is 0 Å². The van der Waals surface area contributed by atoms with Gasteiger partial charge in [0.05, 0.1) is 11.5 Å². The normalized spacial score (nSPS) is 15.1. The minimum absolute atomic E-state index is 0.0521. The summed E-state index contributed by atoms with van der Waals surface area (Å²) >= 11 is 0. The van der Waals surface area contributed by atoms with Crippen LogP contribution in [0.25, 0.3) is 0 Å². The molecular weight excluding hydrogens is 212 g/mol. The maximum atomic E-state index is 11.3. The van der Waals surface area contributed by atoms with Crippen LogP contribution < -0.4 is 4.90 Å². The molecule has 1 fully saturated rings. The zero-order chi connectivity index (χ0) is 11.7. The van der Waals surface area contributed by atoms with Crippen LogP contribution in [0.3, 0.4) is 0 Å². The molecule has 0 unspecified atom stereocenters. The number of ether oxygens (including phenoxy) is 1. The average molecular weight is 222 g/mol. The Bertz CT molecular complexity index is 458. The molecule has 1 aromatic carbocycles. The van der Waals surface area contributed by atoms with E-state index in [9.17, 15) is 14.9 Å². The monoisotopic (exact) mass is 222 g/mol. The van der Waals surface area contributed by atoms with Gasteiger partial charge in [-0.05, 0) is 19.1 Å². The number of nitro benzene ring substituents is 1. The number of cyclic esters (lactones) is 1. The standard InChI is InChI=1S/C10H10N2O4/c1-7-6-8(2-3-9(7)12(14)15)11-4-5-16-10(11)13/h2-3,6H,4-5H2,1H3. The van der Waals surface area contributed by atoms with Crippen molar-refractivity contribution in [3.05, 3.63) is 33.9 Å². The molecule has 0 aromatic heterocycles. The number of anilines is 1. The van der Waals surface area contributed by atoms with E-state index in [1.165, 1.54) is 11.0 Å². The van der Waals surface area contributed by atoms with Gasteiger partial charge in [0.15, 0.2) is 0 Å². The van der Waals surface area contributed by atoms with Crippen molar-refractivity contribution in [1.29, 1.82) is 0 Å². The van der Waals surface area contributed by atoms with Gasteiger partial charge in [-0.1, -0.05) is 0 Å². The fourth-order valence-corrected chi connectivity index (χ4v) is 1.64. The van der Waals surface area contributed by atoms with Crippen LogP contribution in [0.2, 0.25) is 0 Å². The van der Waals surface area contributed by atoms with Crippen LogP contribution in [-0.4, -0.2) is 24.2 Å². The number of carbonyl (C=O) groups is 1. The molecule has 0 radical (unpaired) electrons. The highest BCUT2D eigenvalue weighted by molar-refractivity contribution is 5.89. The molecule has 1 aromatic rings. The van der Waals surface area contributed by atoms with Gasteiger partial charge < -0.3 is 4.74 Å². The molecule has 0 atom stereocenters. The van der Waals surface area contributed by atoms with Gasteiger partial charge in [0.2, 0.25) is 0 Å². The zero-order valence-corrected chi connectivity index (χ0v) is 8.67. The molecule has 0 saturated carbocycles. The van der Waals surface area contributed by atoms with Gasteiger partial charge in [0, 0.05) is 17.3 Å². The largest absolute Gasteiger partial charge is 0.447 e. The highest BCUT2D eigenvalue weighted by Gasteiger charge is 2.24. The molecule has 1 heterocycles. The van der Waals surface area contributed by atoms with Crippen molar-refractivity contribution in [3.63, 3.8) is 0 Å². The van der Waals surface area contributed by atoms with Crippen LogP contribution in [0.1, 0.15) is 5.56 Å². The molecule has 2 rings (SSSR count). The van der Waals surface area contributed by atoms with Crippen molar-refractivity contribution in [2.75, 3.05) is 18.1 Å². The predicted molar refractivity (Wildman–Crippen MR) is 56.5 cm³/mol. The minimum Gasteiger partial charge on any atom is -0.447 e. The van der Waals surface area contributed by atoms with E-state index in [-0.39, 0.29) is 5.69 Å². The van der Waals surface area contributed by atoms with E-state index in [0.29, 0.717) is 24.4 Å². The summed E-state index contributed by atoms with van der Waals surface area (Å²) in [6, 6.07) is 4.57. The number of rotatable bonds is 2. The van der Waals surface area contributed by atoms with E-state index >= 15 is 0 Å². The average Bonchev–Trinajstić information content (AvgIpc) is 2.63. The molecule has 16 heavy (non-hydrogen) atoms. The highest BCUT2D eigenvalue weighted by atomic mass is 16.6. The third-order valence-electron chi connectivity index (χ3n) is 2.45. The summed E-state index contributed by atoms with van der Waals surface area (Å²) in [5.74, 6) is 0. The fraction of sp³-hybridized carbons (Fsp3) is 0.300. The van der Waals surface area contributed by atoms with Crippen LogP contribution in [0.15, 0.2) is 18.2 Å². The van der Waals surface area contributed by atoms with Gasteiger partial charge in [0.25, 0.3) is 5.69 Å². The molecule has 1 aliphatic heterocycles. The summed E-state index contributed by atoms with van der Waals surface area (Å²) in [4.78, 5) is 22.9. The SMILES string of the molecule is Cc1cc(N2CCOC2=O)ccc1[N+](=O)[O-]. The lowest BCUT2D eigenvalue weighted by Gasteiger charge is -2.12. The second-order valence-corrected chi connectivity index (χ2v) is 3.49. The molecule has 0 spiro atoms. The lowest BCUT2D eigenvalue weighted by molar-refractivity contribution is -0.385. The van der Waals surface area contributed by atoms with Crippen molar-refractivity contribution in [2.45, 2.75) is 6.92 Å². The quantitative estimate of drug-likeness (QED) is 0.565. The Labute approximate surface area is 91.6 Å². The lowest BCUT2D eigenvalue weighted by Crippen LogP contribution is -2.23. The van der Waals surface area contributed by atoms with E-state index in [0.717, 1.165) is 0 Å². The first-order valence-corrected chi connectivity index (χ1v) is 4.79. The van der Waals surface area contributed by atoms with Crippen LogP contribution in [0, 0.1) is 17.0 Å². The number of hydrogen-bond donors (Lipinski definition) is 0. The van der Waals surface area contributed by atoms with E-state index in [2.05, 4.69) is 0 Å². The summed E-state index contributed by atoms with van der Waals surface area (Å²) in [6.45, 7) is 2.48. The molecule has 6 heteroatoms. The first-order chi connectivity index (χ1) is 7.59. The van der Waals surface area contributed by atoms with E-state index in [4.69, 9.17) is 4.74 Å². The first kappa shape index (κ1) is 10.4. The van der Waals surface area contributed by atoms with E-state index < -0.39 is 11.0 Å². The zero-order valence-electron chi connectivity index (χ0n) is 8.67. The maximum Gasteiger partial charge on any atom is 0.414 e. The third-order valence-corrected chi connectivity index (χ3v) is 2.45. The van der Waals surface area contributed by atoms with Gasteiger partial charge in [-0.2, -0.15) is 0 Å². The Balaban J connectivity index is 2.34. The summed E-state index contributed by atoms with van der Waals surface area (Å²) in [7, 11) is 0. The molecule has 0 aliphatic carbocycles. The van der Waals surface area contributed by atoms with Gasteiger partial charge in [-0.15, -0.1) is 0 Å².